The summed E-state index contributed by atoms with van der Waals surface area (Å²) in [5.41, 5.74) is 2.98. The zero-order valence-electron chi connectivity index (χ0n) is 16.7. The molecule has 3 rings (SSSR count). The van der Waals surface area contributed by atoms with Crippen LogP contribution in [0.3, 0.4) is 0 Å². The molecule has 0 aliphatic heterocycles. The molecule has 0 saturated heterocycles. The number of hydrogen-bond acceptors (Lipinski definition) is 5. The third kappa shape index (κ3) is 5.89. The zero-order valence-corrected chi connectivity index (χ0v) is 17.4. The number of aryl methyl sites for hydroxylation is 1. The third-order valence-corrected chi connectivity index (χ3v) is 4.90. The molecule has 2 aromatic carbocycles. The first kappa shape index (κ1) is 21.0. The maximum Gasteiger partial charge on any atom is 0.249 e. The van der Waals surface area contributed by atoms with Gasteiger partial charge in [0, 0.05) is 6.54 Å². The Labute approximate surface area is 175 Å². The highest BCUT2D eigenvalue weighted by Crippen LogP contribution is 2.26. The highest BCUT2D eigenvalue weighted by molar-refractivity contribution is 6.33. The van der Waals surface area contributed by atoms with Crippen molar-refractivity contribution in [1.82, 2.24) is 20.4 Å². The van der Waals surface area contributed by atoms with Gasteiger partial charge in [0.25, 0.3) is 0 Å². The van der Waals surface area contributed by atoms with Crippen LogP contribution in [0.1, 0.15) is 30.4 Å². The lowest BCUT2D eigenvalue weighted by Gasteiger charge is -2.19. The minimum absolute atomic E-state index is 0.0347. The number of nitrogens with zero attached hydrogens (tertiary/aromatic N) is 3. The van der Waals surface area contributed by atoms with Crippen LogP contribution in [-0.2, 0) is 17.9 Å². The number of rotatable bonds is 9. The van der Waals surface area contributed by atoms with E-state index in [0.29, 0.717) is 35.5 Å². The monoisotopic (exact) mass is 412 g/mol. The Morgan fingerprint density at radius 3 is 2.66 bits per heavy atom. The predicted molar refractivity (Wildman–Crippen MR) is 113 cm³/mol. The molecule has 1 heterocycles. The van der Waals surface area contributed by atoms with E-state index in [9.17, 15) is 4.79 Å². The molecule has 152 valence electrons. The molecule has 0 radical (unpaired) electrons. The zero-order chi connectivity index (χ0) is 20.6. The molecule has 0 fully saturated rings. The lowest BCUT2D eigenvalue weighted by molar-refractivity contribution is -0.122. The second-order valence-electron chi connectivity index (χ2n) is 6.89. The molecular formula is C22H25ClN4O2. The van der Waals surface area contributed by atoms with Gasteiger partial charge in [-0.2, -0.15) is 0 Å². The molecule has 0 bridgehead atoms. The smallest absolute Gasteiger partial charge is 0.249 e. The summed E-state index contributed by atoms with van der Waals surface area (Å²) in [4.78, 5) is 14.4. The minimum atomic E-state index is -0.0347. The van der Waals surface area contributed by atoms with Crippen LogP contribution in [0, 0.1) is 6.92 Å². The van der Waals surface area contributed by atoms with Crippen LogP contribution < -0.4 is 5.32 Å². The standard InChI is InChI=1S/C22H25ClN4O2/c1-3-12-27(14-20(28)24-13-17-9-5-4-8-16(17)2)15-21-25-26-22(29-21)18-10-6-7-11-19(18)23/h4-11H,3,12-15H2,1-2H3,(H,24,28). The van der Waals surface area contributed by atoms with Crippen LogP contribution in [0.4, 0.5) is 0 Å². The molecule has 0 unspecified atom stereocenters. The van der Waals surface area contributed by atoms with Crippen molar-refractivity contribution in [3.05, 3.63) is 70.6 Å². The van der Waals surface area contributed by atoms with Gasteiger partial charge in [0.1, 0.15) is 0 Å². The summed E-state index contributed by atoms with van der Waals surface area (Å²) >= 11 is 6.20. The Hall–Kier alpha value is -2.70. The SMILES string of the molecule is CCCN(CC(=O)NCc1ccccc1C)Cc1nnc(-c2ccccc2Cl)o1. The number of halogens is 1. The molecule has 0 atom stereocenters. The van der Waals surface area contributed by atoms with E-state index >= 15 is 0 Å². The van der Waals surface area contributed by atoms with Gasteiger partial charge in [-0.15, -0.1) is 10.2 Å². The fraction of sp³-hybridized carbons (Fsp3) is 0.318. The summed E-state index contributed by atoms with van der Waals surface area (Å²) < 4.78 is 5.77. The molecule has 0 spiro atoms. The van der Waals surface area contributed by atoms with Crippen LogP contribution in [0.15, 0.2) is 52.9 Å². The van der Waals surface area contributed by atoms with Gasteiger partial charge in [-0.25, -0.2) is 0 Å². The first-order chi connectivity index (χ1) is 14.1. The van der Waals surface area contributed by atoms with Gasteiger partial charge >= 0.3 is 0 Å². The van der Waals surface area contributed by atoms with Gasteiger partial charge < -0.3 is 9.73 Å². The summed E-state index contributed by atoms with van der Waals surface area (Å²) in [7, 11) is 0. The Balaban J connectivity index is 1.59. The summed E-state index contributed by atoms with van der Waals surface area (Å²) in [5.74, 6) is 0.804. The maximum absolute atomic E-state index is 12.4. The van der Waals surface area contributed by atoms with Gasteiger partial charge in [-0.3, -0.25) is 9.69 Å². The van der Waals surface area contributed by atoms with Crippen LogP contribution in [0.5, 0.6) is 0 Å². The first-order valence-corrected chi connectivity index (χ1v) is 10.1. The van der Waals surface area contributed by atoms with Gasteiger partial charge in [0.15, 0.2) is 0 Å². The summed E-state index contributed by atoms with van der Waals surface area (Å²) in [6, 6.07) is 15.4. The van der Waals surface area contributed by atoms with E-state index in [1.165, 1.54) is 0 Å². The Morgan fingerprint density at radius 2 is 1.90 bits per heavy atom. The molecule has 1 N–H and O–H groups in total. The summed E-state index contributed by atoms with van der Waals surface area (Å²) in [6.07, 6.45) is 0.913. The molecule has 6 nitrogen and oxygen atoms in total. The molecule has 0 saturated carbocycles. The number of amides is 1. The molecule has 1 aromatic heterocycles. The molecule has 29 heavy (non-hydrogen) atoms. The second kappa shape index (κ2) is 10.2. The number of carbonyl (C=O) groups excluding carboxylic acids is 1. The summed E-state index contributed by atoms with van der Waals surface area (Å²) in [6.45, 7) is 6.05. The van der Waals surface area contributed by atoms with E-state index < -0.39 is 0 Å². The second-order valence-corrected chi connectivity index (χ2v) is 7.30. The largest absolute Gasteiger partial charge is 0.419 e. The van der Waals surface area contributed by atoms with E-state index in [2.05, 4.69) is 22.4 Å². The molecule has 0 aliphatic rings. The first-order valence-electron chi connectivity index (χ1n) is 9.67. The van der Waals surface area contributed by atoms with Crippen LogP contribution in [0.2, 0.25) is 5.02 Å². The van der Waals surface area contributed by atoms with Crippen molar-refractivity contribution in [3.63, 3.8) is 0 Å². The van der Waals surface area contributed by atoms with Crippen molar-refractivity contribution in [2.75, 3.05) is 13.1 Å². The molecular weight excluding hydrogens is 388 g/mol. The molecule has 0 aliphatic carbocycles. The minimum Gasteiger partial charge on any atom is -0.419 e. The van der Waals surface area contributed by atoms with Gasteiger partial charge in [-0.1, -0.05) is 54.9 Å². The summed E-state index contributed by atoms with van der Waals surface area (Å²) in [5, 5.41) is 11.8. The number of nitrogens with one attached hydrogen (secondary N) is 1. The van der Waals surface area contributed by atoms with Gasteiger partial charge in [-0.05, 0) is 43.1 Å². The fourth-order valence-corrected chi connectivity index (χ4v) is 3.26. The van der Waals surface area contributed by atoms with E-state index in [1.54, 1.807) is 6.07 Å². The Morgan fingerprint density at radius 1 is 1.14 bits per heavy atom. The van der Waals surface area contributed by atoms with E-state index in [4.69, 9.17) is 16.0 Å². The lowest BCUT2D eigenvalue weighted by atomic mass is 10.1. The van der Waals surface area contributed by atoms with E-state index in [0.717, 1.165) is 24.1 Å². The Bertz CT molecular complexity index is 957. The van der Waals surface area contributed by atoms with Crippen molar-refractivity contribution in [2.24, 2.45) is 0 Å². The molecule has 7 heteroatoms. The van der Waals surface area contributed by atoms with Gasteiger partial charge in [0.2, 0.25) is 17.7 Å². The topological polar surface area (TPSA) is 71.3 Å². The normalized spacial score (nSPS) is 11.0. The van der Waals surface area contributed by atoms with Crippen LogP contribution in [0.25, 0.3) is 11.5 Å². The Kier molecular flexibility index (Phi) is 7.38. The lowest BCUT2D eigenvalue weighted by Crippen LogP contribution is -2.37. The third-order valence-electron chi connectivity index (χ3n) is 4.57. The van der Waals surface area contributed by atoms with Crippen molar-refractivity contribution in [2.45, 2.75) is 33.4 Å². The van der Waals surface area contributed by atoms with Crippen molar-refractivity contribution in [1.29, 1.82) is 0 Å². The van der Waals surface area contributed by atoms with Crippen LogP contribution >= 0.6 is 11.6 Å². The van der Waals surface area contributed by atoms with Crippen molar-refractivity contribution in [3.8, 4) is 11.5 Å². The number of aromatic nitrogens is 2. The quantitative estimate of drug-likeness (QED) is 0.569. The fourth-order valence-electron chi connectivity index (χ4n) is 3.04. The van der Waals surface area contributed by atoms with Crippen molar-refractivity contribution < 1.29 is 9.21 Å². The highest BCUT2D eigenvalue weighted by atomic mass is 35.5. The molecule has 1 amide bonds. The molecule has 3 aromatic rings. The van der Waals surface area contributed by atoms with Crippen LogP contribution in [-0.4, -0.2) is 34.1 Å². The number of hydrogen-bond donors (Lipinski definition) is 1. The van der Waals surface area contributed by atoms with Gasteiger partial charge in [0.05, 0.1) is 23.7 Å². The van der Waals surface area contributed by atoms with E-state index in [-0.39, 0.29) is 12.5 Å². The highest BCUT2D eigenvalue weighted by Gasteiger charge is 2.16. The number of carbonyl (C=O) groups is 1. The predicted octanol–water partition coefficient (Wildman–Crippen LogP) is 4.23. The van der Waals surface area contributed by atoms with Crippen molar-refractivity contribution >= 4 is 17.5 Å². The maximum atomic E-state index is 12.4. The van der Waals surface area contributed by atoms with E-state index in [1.807, 2.05) is 54.3 Å². The number of benzene rings is 2. The average Bonchev–Trinajstić information content (AvgIpc) is 3.16. The average molecular weight is 413 g/mol.